The summed E-state index contributed by atoms with van der Waals surface area (Å²) in [6.45, 7) is 0. The van der Waals surface area contributed by atoms with Crippen molar-refractivity contribution in [1.29, 1.82) is 0 Å². The van der Waals surface area contributed by atoms with Crippen molar-refractivity contribution < 1.29 is 4.74 Å². The largest absolute Gasteiger partial charge is 0.457 e. The molecule has 0 bridgehead atoms. The molecule has 0 fully saturated rings. The molecule has 0 saturated carbocycles. The molecule has 98 valence electrons. The molecule has 2 heteroatoms. The lowest BCUT2D eigenvalue weighted by Gasteiger charge is -2.07. The van der Waals surface area contributed by atoms with Gasteiger partial charge in [-0.1, -0.05) is 42.5 Å². The lowest BCUT2D eigenvalue weighted by Crippen LogP contribution is -1.86. The van der Waals surface area contributed by atoms with Crippen LogP contribution >= 0.6 is 0 Å². The van der Waals surface area contributed by atoms with E-state index < -0.39 is 0 Å². The maximum Gasteiger partial charge on any atom is 0.127 e. The molecule has 0 atom stereocenters. The van der Waals surface area contributed by atoms with Gasteiger partial charge in [0.2, 0.25) is 0 Å². The molecule has 0 amide bonds. The molecular weight excluding hydrogens is 246 g/mol. The third-order valence-electron chi connectivity index (χ3n) is 3.08. The Labute approximate surface area is 118 Å². The van der Waals surface area contributed by atoms with E-state index in [0.29, 0.717) is 0 Å². The van der Waals surface area contributed by atoms with Crippen LogP contribution in [-0.2, 0) is 0 Å². The zero-order valence-corrected chi connectivity index (χ0v) is 11.0. The van der Waals surface area contributed by atoms with Crippen molar-refractivity contribution in [3.8, 4) is 22.6 Å². The molecule has 0 heterocycles. The molecule has 0 spiro atoms. The Morgan fingerprint density at radius 3 is 1.65 bits per heavy atom. The molecule has 20 heavy (non-hydrogen) atoms. The summed E-state index contributed by atoms with van der Waals surface area (Å²) >= 11 is 0. The van der Waals surface area contributed by atoms with E-state index in [9.17, 15) is 0 Å². The van der Waals surface area contributed by atoms with Crippen molar-refractivity contribution in [2.45, 2.75) is 0 Å². The van der Waals surface area contributed by atoms with E-state index in [4.69, 9.17) is 10.5 Å². The van der Waals surface area contributed by atoms with E-state index in [2.05, 4.69) is 24.3 Å². The fourth-order valence-electron chi connectivity index (χ4n) is 2.02. The molecule has 0 aromatic heterocycles. The number of benzene rings is 3. The predicted molar refractivity (Wildman–Crippen MR) is 82.8 cm³/mol. The summed E-state index contributed by atoms with van der Waals surface area (Å²) in [7, 11) is 0. The van der Waals surface area contributed by atoms with Crippen LogP contribution < -0.4 is 10.5 Å². The average Bonchev–Trinajstić information content (AvgIpc) is 2.51. The molecule has 2 N–H and O–H groups in total. The van der Waals surface area contributed by atoms with Crippen LogP contribution in [-0.4, -0.2) is 0 Å². The maximum atomic E-state index is 5.77. The third-order valence-corrected chi connectivity index (χ3v) is 3.08. The number of hydrogen-bond donors (Lipinski definition) is 1. The van der Waals surface area contributed by atoms with E-state index >= 15 is 0 Å². The van der Waals surface area contributed by atoms with E-state index in [0.717, 1.165) is 17.2 Å². The molecule has 0 unspecified atom stereocenters. The van der Waals surface area contributed by atoms with Gasteiger partial charge in [-0.25, -0.2) is 0 Å². The van der Waals surface area contributed by atoms with E-state index in [-0.39, 0.29) is 0 Å². The van der Waals surface area contributed by atoms with Gasteiger partial charge in [-0.2, -0.15) is 0 Å². The van der Waals surface area contributed by atoms with Crippen LogP contribution in [0, 0.1) is 0 Å². The van der Waals surface area contributed by atoms with Crippen LogP contribution in [0.2, 0.25) is 0 Å². The van der Waals surface area contributed by atoms with Gasteiger partial charge in [0.05, 0.1) is 0 Å². The molecule has 0 aliphatic carbocycles. The topological polar surface area (TPSA) is 35.2 Å². The highest BCUT2D eigenvalue weighted by molar-refractivity contribution is 5.64. The quantitative estimate of drug-likeness (QED) is 0.692. The van der Waals surface area contributed by atoms with Crippen molar-refractivity contribution in [3.63, 3.8) is 0 Å². The van der Waals surface area contributed by atoms with Gasteiger partial charge in [-0.15, -0.1) is 0 Å². The average molecular weight is 261 g/mol. The van der Waals surface area contributed by atoms with Gasteiger partial charge in [0, 0.05) is 5.69 Å². The predicted octanol–water partition coefficient (Wildman–Crippen LogP) is 4.73. The first kappa shape index (κ1) is 12.3. The molecule has 3 rings (SSSR count). The normalized spacial score (nSPS) is 10.2. The molecule has 0 radical (unpaired) electrons. The van der Waals surface area contributed by atoms with Gasteiger partial charge in [0.25, 0.3) is 0 Å². The van der Waals surface area contributed by atoms with Gasteiger partial charge in [-0.3, -0.25) is 0 Å². The van der Waals surface area contributed by atoms with Crippen molar-refractivity contribution in [3.05, 3.63) is 78.9 Å². The van der Waals surface area contributed by atoms with Crippen LogP contribution in [0.5, 0.6) is 11.5 Å². The smallest absolute Gasteiger partial charge is 0.127 e. The molecular formula is C18H15NO. The zero-order chi connectivity index (χ0) is 13.8. The Morgan fingerprint density at radius 1 is 0.550 bits per heavy atom. The van der Waals surface area contributed by atoms with E-state index in [1.165, 1.54) is 11.1 Å². The van der Waals surface area contributed by atoms with Gasteiger partial charge in [0.15, 0.2) is 0 Å². The summed E-state index contributed by atoms with van der Waals surface area (Å²) in [6, 6.07) is 25.7. The number of hydrogen-bond acceptors (Lipinski definition) is 2. The minimum atomic E-state index is 0.733. The van der Waals surface area contributed by atoms with Gasteiger partial charge in [-0.05, 0) is 47.5 Å². The van der Waals surface area contributed by atoms with Crippen LogP contribution in [0.1, 0.15) is 0 Å². The first-order valence-electron chi connectivity index (χ1n) is 6.50. The van der Waals surface area contributed by atoms with Crippen LogP contribution in [0.25, 0.3) is 11.1 Å². The second-order valence-electron chi connectivity index (χ2n) is 4.56. The monoisotopic (exact) mass is 261 g/mol. The van der Waals surface area contributed by atoms with Gasteiger partial charge in [0.1, 0.15) is 11.5 Å². The summed E-state index contributed by atoms with van der Waals surface area (Å²) in [5.41, 5.74) is 8.76. The minimum Gasteiger partial charge on any atom is -0.457 e. The highest BCUT2D eigenvalue weighted by atomic mass is 16.5. The number of ether oxygens (including phenoxy) is 1. The summed E-state index contributed by atoms with van der Waals surface area (Å²) in [5, 5.41) is 0. The number of rotatable bonds is 3. The van der Waals surface area contributed by atoms with Gasteiger partial charge >= 0.3 is 0 Å². The Kier molecular flexibility index (Phi) is 3.38. The highest BCUT2D eigenvalue weighted by Crippen LogP contribution is 2.26. The first-order chi connectivity index (χ1) is 9.81. The number of anilines is 1. The second-order valence-corrected chi connectivity index (χ2v) is 4.56. The number of nitrogens with two attached hydrogens (primary N) is 1. The van der Waals surface area contributed by atoms with Gasteiger partial charge < -0.3 is 10.5 Å². The summed E-state index contributed by atoms with van der Waals surface area (Å²) in [6.07, 6.45) is 0. The lowest BCUT2D eigenvalue weighted by atomic mass is 10.1. The Balaban J connectivity index is 1.78. The molecule has 0 aliphatic rings. The standard InChI is InChI=1S/C18H15NO/c19-16-8-12-18(13-9-16)20-17-10-6-15(7-11-17)14-4-2-1-3-5-14/h1-13H,19H2. The molecule has 2 nitrogen and oxygen atoms in total. The fourth-order valence-corrected chi connectivity index (χ4v) is 2.02. The lowest BCUT2D eigenvalue weighted by molar-refractivity contribution is 0.483. The van der Waals surface area contributed by atoms with Crippen molar-refractivity contribution in [2.24, 2.45) is 0 Å². The van der Waals surface area contributed by atoms with Crippen molar-refractivity contribution >= 4 is 5.69 Å². The van der Waals surface area contributed by atoms with Crippen molar-refractivity contribution in [2.75, 3.05) is 5.73 Å². The van der Waals surface area contributed by atoms with Crippen molar-refractivity contribution in [1.82, 2.24) is 0 Å². The summed E-state index contributed by atoms with van der Waals surface area (Å²) in [4.78, 5) is 0. The maximum absolute atomic E-state index is 5.77. The van der Waals surface area contributed by atoms with Crippen LogP contribution in [0.3, 0.4) is 0 Å². The SMILES string of the molecule is Nc1ccc(Oc2ccc(-c3ccccc3)cc2)cc1. The fraction of sp³-hybridized carbons (Fsp3) is 0. The molecule has 3 aromatic carbocycles. The van der Waals surface area contributed by atoms with Crippen LogP contribution in [0.4, 0.5) is 5.69 Å². The minimum absolute atomic E-state index is 0.733. The molecule has 3 aromatic rings. The Hall–Kier alpha value is -2.74. The second kappa shape index (κ2) is 5.49. The Morgan fingerprint density at radius 2 is 1.05 bits per heavy atom. The van der Waals surface area contributed by atoms with E-state index in [1.807, 2.05) is 54.6 Å². The Bertz CT molecular complexity index is 673. The summed E-state index contributed by atoms with van der Waals surface area (Å²) < 4.78 is 5.77. The first-order valence-corrected chi connectivity index (χ1v) is 6.50. The third kappa shape index (κ3) is 2.81. The molecule has 0 saturated heterocycles. The zero-order valence-electron chi connectivity index (χ0n) is 11.0. The molecule has 0 aliphatic heterocycles. The van der Waals surface area contributed by atoms with Crippen LogP contribution in [0.15, 0.2) is 78.9 Å². The number of nitrogen functional groups attached to an aromatic ring is 1. The highest BCUT2D eigenvalue weighted by Gasteiger charge is 1.99. The summed E-state index contributed by atoms with van der Waals surface area (Å²) in [5.74, 6) is 1.60. The van der Waals surface area contributed by atoms with E-state index in [1.54, 1.807) is 0 Å².